The zero-order valence-corrected chi connectivity index (χ0v) is 19.3. The van der Waals surface area contributed by atoms with E-state index in [4.69, 9.17) is 4.74 Å². The molecule has 35 heavy (non-hydrogen) atoms. The molecule has 0 aliphatic carbocycles. The Morgan fingerprint density at radius 1 is 1.06 bits per heavy atom. The second kappa shape index (κ2) is 9.81. The Morgan fingerprint density at radius 3 is 2.26 bits per heavy atom. The molecule has 0 radical (unpaired) electrons. The average molecular weight is 490 g/mol. The van der Waals surface area contributed by atoms with Crippen LogP contribution in [0.4, 0.5) is 13.2 Å². The largest absolute Gasteiger partial charge is 0.493 e. The standard InChI is InChI=1S/C25H25F3N2O5/c1-4-24(2,3)21(23(33)34)30-22(32)17-11-7-15-8-12-18(31)29-19(15)20(17)35-13-14-5-9-16(10-6-14)25(26,27)28/h5-12,21H,4,13H2,1-3H3,(H,29,31)(H,30,32)(H,33,34). The van der Waals surface area contributed by atoms with Crippen molar-refractivity contribution in [3.8, 4) is 11.6 Å². The molecule has 7 nitrogen and oxygen atoms in total. The summed E-state index contributed by atoms with van der Waals surface area (Å²) in [6.45, 7) is 5.04. The van der Waals surface area contributed by atoms with Crippen LogP contribution in [0.15, 0.2) is 48.5 Å². The molecule has 0 aliphatic rings. The van der Waals surface area contributed by atoms with Gasteiger partial charge in [-0.2, -0.15) is 13.2 Å². The smallest absolute Gasteiger partial charge is 0.416 e. The minimum atomic E-state index is -4.48. The normalized spacial score (nSPS) is 12.9. The molecule has 0 aliphatic heterocycles. The summed E-state index contributed by atoms with van der Waals surface area (Å²) in [5.41, 5.74) is -1.05. The minimum Gasteiger partial charge on any atom is -0.493 e. The topological polar surface area (TPSA) is 109 Å². The van der Waals surface area contributed by atoms with Gasteiger partial charge in [-0.3, -0.25) is 4.79 Å². The molecule has 1 amide bonds. The third-order valence-corrected chi connectivity index (χ3v) is 5.93. The number of aromatic nitrogens is 1. The molecule has 0 fully saturated rings. The molecule has 0 bridgehead atoms. The zero-order valence-electron chi connectivity index (χ0n) is 19.3. The fourth-order valence-electron chi connectivity index (χ4n) is 3.43. The maximum absolute atomic E-state index is 13.2. The molecular weight excluding hydrogens is 465 g/mol. The summed E-state index contributed by atoms with van der Waals surface area (Å²) in [7, 11) is 0. The Kier molecular flexibility index (Phi) is 7.23. The van der Waals surface area contributed by atoms with Gasteiger partial charge in [-0.1, -0.05) is 39.0 Å². The number of carboxylic acids is 1. The lowest BCUT2D eigenvalue weighted by Crippen LogP contribution is -2.50. The highest BCUT2D eigenvalue weighted by Gasteiger charge is 2.36. The highest BCUT2D eigenvalue weighted by Crippen LogP contribution is 2.33. The Labute approximate surface area is 199 Å². The van der Waals surface area contributed by atoms with E-state index in [1.54, 1.807) is 26.0 Å². The molecule has 0 saturated heterocycles. The van der Waals surface area contributed by atoms with E-state index in [1.165, 1.54) is 24.3 Å². The van der Waals surface area contributed by atoms with Gasteiger partial charge in [0.05, 0.1) is 11.1 Å². The Hall–Kier alpha value is -3.82. The van der Waals surface area contributed by atoms with E-state index in [0.29, 0.717) is 17.4 Å². The summed E-state index contributed by atoms with van der Waals surface area (Å²) < 4.78 is 44.4. The quantitative estimate of drug-likeness (QED) is 0.403. The summed E-state index contributed by atoms with van der Waals surface area (Å²) in [5, 5.41) is 22.6. The first-order valence-electron chi connectivity index (χ1n) is 10.8. The van der Waals surface area contributed by atoms with Crippen LogP contribution < -0.4 is 10.1 Å². The van der Waals surface area contributed by atoms with Crippen LogP contribution in [-0.4, -0.2) is 33.1 Å². The summed E-state index contributed by atoms with van der Waals surface area (Å²) >= 11 is 0. The number of ether oxygens (including phenoxy) is 1. The summed E-state index contributed by atoms with van der Waals surface area (Å²) in [6.07, 6.45) is -4.00. The predicted molar refractivity (Wildman–Crippen MR) is 122 cm³/mol. The van der Waals surface area contributed by atoms with Gasteiger partial charge in [-0.25, -0.2) is 9.78 Å². The molecule has 0 saturated carbocycles. The highest BCUT2D eigenvalue weighted by molar-refractivity contribution is 6.04. The molecular formula is C25H25F3N2O5. The minimum absolute atomic E-state index is 0.0272. The number of nitrogens with one attached hydrogen (secondary N) is 1. The number of nitrogens with zero attached hydrogens (tertiary/aromatic N) is 1. The van der Waals surface area contributed by atoms with E-state index in [-0.39, 0.29) is 29.3 Å². The summed E-state index contributed by atoms with van der Waals surface area (Å²) in [5.74, 6) is -2.29. The van der Waals surface area contributed by atoms with Crippen molar-refractivity contribution < 1.29 is 37.7 Å². The fraction of sp³-hybridized carbons (Fsp3) is 0.320. The number of halogens is 3. The first kappa shape index (κ1) is 25.8. The monoisotopic (exact) mass is 490 g/mol. The molecule has 186 valence electrons. The molecule has 3 aromatic rings. The molecule has 1 atom stereocenters. The van der Waals surface area contributed by atoms with Crippen LogP contribution in [0, 0.1) is 5.41 Å². The van der Waals surface area contributed by atoms with Crippen LogP contribution in [-0.2, 0) is 17.6 Å². The molecule has 1 unspecified atom stereocenters. The number of hydrogen-bond acceptors (Lipinski definition) is 5. The number of carboxylic acid groups (broad SMARTS) is 1. The maximum Gasteiger partial charge on any atom is 0.416 e. The van der Waals surface area contributed by atoms with Gasteiger partial charge in [0, 0.05) is 11.5 Å². The van der Waals surface area contributed by atoms with Crippen molar-refractivity contribution in [2.24, 2.45) is 5.41 Å². The Morgan fingerprint density at radius 2 is 1.69 bits per heavy atom. The predicted octanol–water partition coefficient (Wildman–Crippen LogP) is 5.16. The third kappa shape index (κ3) is 5.82. The van der Waals surface area contributed by atoms with Crippen LogP contribution in [0.5, 0.6) is 11.6 Å². The van der Waals surface area contributed by atoms with E-state index >= 15 is 0 Å². The second-order valence-electron chi connectivity index (χ2n) is 8.75. The van der Waals surface area contributed by atoms with E-state index < -0.39 is 35.1 Å². The van der Waals surface area contributed by atoms with Crippen molar-refractivity contribution in [3.63, 3.8) is 0 Å². The van der Waals surface area contributed by atoms with Gasteiger partial charge in [-0.15, -0.1) is 0 Å². The number of carbonyl (C=O) groups excluding carboxylic acids is 1. The Balaban J connectivity index is 1.98. The van der Waals surface area contributed by atoms with Crippen molar-refractivity contribution >= 4 is 22.8 Å². The van der Waals surface area contributed by atoms with Gasteiger partial charge in [0.15, 0.2) is 5.75 Å². The Bertz CT molecular complexity index is 1240. The molecule has 1 aromatic heterocycles. The number of rotatable bonds is 8. The van der Waals surface area contributed by atoms with Gasteiger partial charge < -0.3 is 20.3 Å². The van der Waals surface area contributed by atoms with Gasteiger partial charge >= 0.3 is 12.1 Å². The molecule has 3 N–H and O–H groups in total. The number of aliphatic carboxylic acids is 1. The van der Waals surface area contributed by atoms with Crippen molar-refractivity contribution in [3.05, 3.63) is 65.2 Å². The van der Waals surface area contributed by atoms with Crippen LogP contribution in [0.25, 0.3) is 10.9 Å². The maximum atomic E-state index is 13.2. The first-order chi connectivity index (χ1) is 16.3. The number of benzene rings is 2. The average Bonchev–Trinajstić information content (AvgIpc) is 2.80. The van der Waals surface area contributed by atoms with Crippen LogP contribution in [0.2, 0.25) is 0 Å². The lowest BCUT2D eigenvalue weighted by molar-refractivity contribution is -0.142. The number of aromatic hydroxyl groups is 1. The van der Waals surface area contributed by atoms with Crippen molar-refractivity contribution in [2.45, 2.75) is 46.0 Å². The summed E-state index contributed by atoms with van der Waals surface area (Å²) in [4.78, 5) is 29.1. The number of carbonyl (C=O) groups is 2. The molecule has 3 rings (SSSR count). The highest BCUT2D eigenvalue weighted by atomic mass is 19.4. The zero-order chi connectivity index (χ0) is 26.0. The number of hydrogen-bond donors (Lipinski definition) is 3. The molecule has 10 heteroatoms. The number of pyridine rings is 1. The van der Waals surface area contributed by atoms with Gasteiger partial charge in [0.25, 0.3) is 5.91 Å². The van der Waals surface area contributed by atoms with Crippen LogP contribution in [0.3, 0.4) is 0 Å². The van der Waals surface area contributed by atoms with E-state index in [9.17, 15) is 33.0 Å². The van der Waals surface area contributed by atoms with E-state index in [1.807, 2.05) is 6.92 Å². The first-order valence-corrected chi connectivity index (χ1v) is 10.8. The van der Waals surface area contributed by atoms with E-state index in [2.05, 4.69) is 10.3 Å². The van der Waals surface area contributed by atoms with E-state index in [0.717, 1.165) is 12.1 Å². The number of fused-ring (bicyclic) bond motifs is 1. The molecule has 2 aromatic carbocycles. The van der Waals surface area contributed by atoms with Crippen molar-refractivity contribution in [2.75, 3.05) is 0 Å². The third-order valence-electron chi connectivity index (χ3n) is 5.93. The molecule has 1 heterocycles. The van der Waals surface area contributed by atoms with Crippen LogP contribution in [0.1, 0.15) is 48.7 Å². The van der Waals surface area contributed by atoms with Crippen molar-refractivity contribution in [1.29, 1.82) is 0 Å². The van der Waals surface area contributed by atoms with Gasteiger partial charge in [0.1, 0.15) is 18.2 Å². The summed E-state index contributed by atoms with van der Waals surface area (Å²) in [6, 6.07) is 9.07. The SMILES string of the molecule is CCC(C)(C)C(NC(=O)c1ccc2ccc(O)nc2c1OCc1ccc(C(F)(F)F)cc1)C(=O)O. The van der Waals surface area contributed by atoms with Crippen LogP contribution >= 0.6 is 0 Å². The number of alkyl halides is 3. The van der Waals surface area contributed by atoms with Gasteiger partial charge in [0.2, 0.25) is 5.88 Å². The lowest BCUT2D eigenvalue weighted by Gasteiger charge is -2.31. The second-order valence-corrected chi connectivity index (χ2v) is 8.75. The number of amides is 1. The van der Waals surface area contributed by atoms with Crippen molar-refractivity contribution in [1.82, 2.24) is 10.3 Å². The fourth-order valence-corrected chi connectivity index (χ4v) is 3.43. The van der Waals surface area contributed by atoms with Gasteiger partial charge in [-0.05, 0) is 41.7 Å². The molecule has 0 spiro atoms. The lowest BCUT2D eigenvalue weighted by atomic mass is 9.81.